The minimum atomic E-state index is -0.653. The van der Waals surface area contributed by atoms with E-state index in [1.165, 1.54) is 206 Å². The molecule has 0 spiro atoms. The summed E-state index contributed by atoms with van der Waals surface area (Å²) >= 11 is 0. The van der Waals surface area contributed by atoms with Gasteiger partial charge in [-0.2, -0.15) is 0 Å². The molecule has 0 heterocycles. The number of rotatable bonds is 35. The van der Waals surface area contributed by atoms with Crippen LogP contribution in [-0.4, -0.2) is 35.6 Å². The minimum absolute atomic E-state index is 0.345. The van der Waals surface area contributed by atoms with Crippen LogP contribution in [0.5, 0.6) is 0 Å². The Kier molecular flexibility index (Phi) is 42.9. The number of unbranched alkanes of at least 4 members (excludes halogenated alkanes) is 27. The van der Waals surface area contributed by atoms with E-state index in [-0.39, 0.29) is 0 Å². The number of hydrogen-bond donors (Lipinski definition) is 1. The van der Waals surface area contributed by atoms with Gasteiger partial charge in [0.1, 0.15) is 0 Å². The fraction of sp³-hybridized carbons (Fsp3) is 0.975. The van der Waals surface area contributed by atoms with Crippen molar-refractivity contribution in [1.82, 2.24) is 4.90 Å². The topological polar surface area (TPSA) is 40.5 Å². The molecule has 0 rings (SSSR count). The van der Waals surface area contributed by atoms with Gasteiger partial charge < -0.3 is 10.0 Å². The fourth-order valence-electron chi connectivity index (χ4n) is 6.15. The van der Waals surface area contributed by atoms with Crippen molar-refractivity contribution in [1.29, 1.82) is 0 Å². The van der Waals surface area contributed by atoms with Crippen LogP contribution in [0.2, 0.25) is 0 Å². The lowest BCUT2D eigenvalue weighted by Gasteiger charge is -2.20. The Hall–Kier alpha value is -0.570. The molecule has 0 aliphatic heterocycles. The molecule has 1 N–H and O–H groups in total. The summed E-state index contributed by atoms with van der Waals surface area (Å²) in [6.07, 6.45) is 43.2. The van der Waals surface area contributed by atoms with Crippen LogP contribution in [-0.2, 0) is 4.79 Å². The first-order valence-electron chi connectivity index (χ1n) is 20.1. The summed E-state index contributed by atoms with van der Waals surface area (Å²) in [5, 5.41) is 8.52. The van der Waals surface area contributed by atoms with E-state index in [4.69, 9.17) is 5.11 Å². The van der Waals surface area contributed by atoms with Crippen LogP contribution in [0.4, 0.5) is 0 Å². The Morgan fingerprint density at radius 2 is 0.605 bits per heavy atom. The second-order valence-corrected chi connectivity index (χ2v) is 13.5. The normalized spacial score (nSPS) is 11.2. The third kappa shape index (κ3) is 43.6. The molecule has 0 aromatic carbocycles. The predicted octanol–water partition coefficient (Wildman–Crippen LogP) is 13.9. The maximum atomic E-state index is 10.3. The van der Waals surface area contributed by atoms with Crippen LogP contribution in [0.25, 0.3) is 0 Å². The molecule has 0 unspecified atom stereocenters. The maximum Gasteiger partial charge on any atom is 0.303 e. The van der Waals surface area contributed by atoms with E-state index in [1.54, 1.807) is 0 Å². The fourth-order valence-corrected chi connectivity index (χ4v) is 6.15. The monoisotopic (exact) mass is 610 g/mol. The summed E-state index contributed by atoms with van der Waals surface area (Å²) < 4.78 is 0. The van der Waals surface area contributed by atoms with Crippen molar-refractivity contribution in [3.05, 3.63) is 0 Å². The zero-order chi connectivity index (χ0) is 31.9. The molecule has 0 saturated carbocycles. The van der Waals surface area contributed by atoms with Crippen molar-refractivity contribution in [2.45, 2.75) is 233 Å². The highest BCUT2D eigenvalue weighted by Crippen LogP contribution is 2.15. The van der Waals surface area contributed by atoms with Gasteiger partial charge in [-0.25, -0.2) is 0 Å². The molecule has 0 bridgehead atoms. The van der Waals surface area contributed by atoms with E-state index < -0.39 is 5.97 Å². The van der Waals surface area contributed by atoms with E-state index in [0.717, 1.165) is 12.8 Å². The lowest BCUT2D eigenvalue weighted by molar-refractivity contribution is -0.137. The Morgan fingerprint density at radius 3 is 0.860 bits per heavy atom. The standard InChI is InChI=1S/C22H47N.C18H36O2/c1-4-7-8-9-10-11-12-13-14-15-16-17-18-19-22-23(20-5-2)21-6-3;1-2-3-4-5-6-7-8-9-10-11-12-13-14-15-16-17-18(19)20/h4-22H2,1-3H3;2-17H2,1H3,(H,19,20). The molecule has 0 aliphatic rings. The van der Waals surface area contributed by atoms with Crippen molar-refractivity contribution >= 4 is 5.97 Å². The second kappa shape index (κ2) is 41.4. The van der Waals surface area contributed by atoms with E-state index in [9.17, 15) is 4.79 Å². The first-order valence-corrected chi connectivity index (χ1v) is 20.1. The number of carboxylic acid groups (broad SMARTS) is 1. The van der Waals surface area contributed by atoms with Crippen molar-refractivity contribution in [3.63, 3.8) is 0 Å². The van der Waals surface area contributed by atoms with Gasteiger partial charge in [0.2, 0.25) is 0 Å². The maximum absolute atomic E-state index is 10.3. The molecule has 0 aromatic rings. The summed E-state index contributed by atoms with van der Waals surface area (Å²) in [4.78, 5) is 13.0. The molecule has 0 fully saturated rings. The van der Waals surface area contributed by atoms with Gasteiger partial charge in [0, 0.05) is 6.42 Å². The van der Waals surface area contributed by atoms with Crippen molar-refractivity contribution in [2.75, 3.05) is 19.6 Å². The van der Waals surface area contributed by atoms with Gasteiger partial charge in [-0.3, -0.25) is 4.79 Å². The molecule has 0 aromatic heterocycles. The molecule has 0 saturated heterocycles. The highest BCUT2D eigenvalue weighted by atomic mass is 16.4. The zero-order valence-electron chi connectivity index (χ0n) is 30.6. The molecule has 43 heavy (non-hydrogen) atoms. The number of aliphatic carboxylic acids is 1. The Labute approximate surface area is 273 Å². The average Bonchev–Trinajstić information content (AvgIpc) is 2.99. The third-order valence-corrected chi connectivity index (χ3v) is 8.90. The summed E-state index contributed by atoms with van der Waals surface area (Å²) in [6.45, 7) is 13.1. The van der Waals surface area contributed by atoms with E-state index >= 15 is 0 Å². The van der Waals surface area contributed by atoms with Gasteiger partial charge in [0.25, 0.3) is 0 Å². The Morgan fingerprint density at radius 1 is 0.349 bits per heavy atom. The van der Waals surface area contributed by atoms with Crippen molar-refractivity contribution in [2.24, 2.45) is 0 Å². The molecule has 3 heteroatoms. The zero-order valence-corrected chi connectivity index (χ0v) is 30.6. The van der Waals surface area contributed by atoms with Gasteiger partial charge in [-0.05, 0) is 45.3 Å². The Balaban J connectivity index is 0. The van der Waals surface area contributed by atoms with Crippen LogP contribution in [0, 0.1) is 0 Å². The minimum Gasteiger partial charge on any atom is -0.481 e. The Bertz CT molecular complexity index is 489. The first-order chi connectivity index (χ1) is 21.1. The van der Waals surface area contributed by atoms with E-state index in [0.29, 0.717) is 6.42 Å². The third-order valence-electron chi connectivity index (χ3n) is 8.90. The highest BCUT2D eigenvalue weighted by molar-refractivity contribution is 5.66. The van der Waals surface area contributed by atoms with Crippen LogP contribution in [0.1, 0.15) is 233 Å². The molecule has 0 atom stereocenters. The van der Waals surface area contributed by atoms with Crippen molar-refractivity contribution in [3.8, 4) is 0 Å². The molecule has 260 valence electrons. The van der Waals surface area contributed by atoms with Gasteiger partial charge in [-0.1, -0.05) is 201 Å². The molecular weight excluding hydrogens is 526 g/mol. The molecule has 0 radical (unpaired) electrons. The number of carboxylic acids is 1. The summed E-state index contributed by atoms with van der Waals surface area (Å²) in [6, 6.07) is 0. The molecule has 3 nitrogen and oxygen atoms in total. The van der Waals surface area contributed by atoms with Gasteiger partial charge in [0.15, 0.2) is 0 Å². The van der Waals surface area contributed by atoms with Crippen LogP contribution >= 0.6 is 0 Å². The van der Waals surface area contributed by atoms with Crippen LogP contribution in [0.15, 0.2) is 0 Å². The van der Waals surface area contributed by atoms with Gasteiger partial charge in [-0.15, -0.1) is 0 Å². The molecule has 0 amide bonds. The van der Waals surface area contributed by atoms with Gasteiger partial charge in [0.05, 0.1) is 0 Å². The lowest BCUT2D eigenvalue weighted by atomic mass is 10.0. The summed E-state index contributed by atoms with van der Waals surface area (Å²) in [5.74, 6) is -0.653. The summed E-state index contributed by atoms with van der Waals surface area (Å²) in [5.41, 5.74) is 0. The molecular formula is C40H83NO2. The quantitative estimate of drug-likeness (QED) is 0.0727. The number of carbonyl (C=O) groups is 1. The molecule has 0 aliphatic carbocycles. The number of hydrogen-bond acceptors (Lipinski definition) is 2. The summed E-state index contributed by atoms with van der Waals surface area (Å²) in [7, 11) is 0. The van der Waals surface area contributed by atoms with Crippen LogP contribution < -0.4 is 0 Å². The average molecular weight is 610 g/mol. The lowest BCUT2D eigenvalue weighted by Crippen LogP contribution is -2.26. The first kappa shape index (κ1) is 44.6. The smallest absolute Gasteiger partial charge is 0.303 e. The second-order valence-electron chi connectivity index (χ2n) is 13.5. The SMILES string of the molecule is CCCCCCCCCCCCCCCCCC(=O)O.CCCCCCCCCCCCCCCCN(CCC)CCC. The van der Waals surface area contributed by atoms with Crippen LogP contribution in [0.3, 0.4) is 0 Å². The van der Waals surface area contributed by atoms with Gasteiger partial charge >= 0.3 is 5.97 Å². The van der Waals surface area contributed by atoms with E-state index in [1.807, 2.05) is 0 Å². The predicted molar refractivity (Wildman–Crippen MR) is 195 cm³/mol. The van der Waals surface area contributed by atoms with E-state index in [2.05, 4.69) is 32.6 Å². The highest BCUT2D eigenvalue weighted by Gasteiger charge is 2.02. The largest absolute Gasteiger partial charge is 0.481 e. The number of nitrogens with zero attached hydrogens (tertiary/aromatic N) is 1. The van der Waals surface area contributed by atoms with Crippen molar-refractivity contribution < 1.29 is 9.90 Å².